The normalized spacial score (nSPS) is 12.0. The van der Waals surface area contributed by atoms with Crippen LogP contribution in [0.3, 0.4) is 0 Å². The van der Waals surface area contributed by atoms with Gasteiger partial charge in [-0.05, 0) is 19.1 Å². The van der Waals surface area contributed by atoms with Gasteiger partial charge in [0.25, 0.3) is 10.0 Å². The maximum Gasteiger partial charge on any atom is 0.252 e. The lowest BCUT2D eigenvalue weighted by atomic mass is 10.4. The zero-order valence-electron chi connectivity index (χ0n) is 9.30. The number of aliphatic hydroxyl groups is 1. The van der Waals surface area contributed by atoms with Crippen molar-refractivity contribution in [1.82, 2.24) is 4.31 Å². The highest BCUT2D eigenvalue weighted by molar-refractivity contribution is 7.91. The van der Waals surface area contributed by atoms with Crippen molar-refractivity contribution < 1.29 is 13.5 Å². The summed E-state index contributed by atoms with van der Waals surface area (Å²) in [7, 11) is -1.93. The van der Waals surface area contributed by atoms with Gasteiger partial charge in [-0.3, -0.25) is 0 Å². The molecule has 0 unspecified atom stereocenters. The van der Waals surface area contributed by atoms with Gasteiger partial charge in [-0.1, -0.05) is 12.2 Å². The molecule has 0 atom stereocenters. The molecule has 1 N–H and O–H groups in total. The molecule has 6 heteroatoms. The Bertz CT molecular complexity index is 476. The molecule has 4 nitrogen and oxygen atoms in total. The predicted octanol–water partition coefficient (Wildman–Crippen LogP) is 1.44. The number of hydrogen-bond donors (Lipinski definition) is 1. The standard InChI is InChI=1S/C10H15NO3S2/c1-8(2)6-11(3)16(13,14)10-5-4-9(7-12)15-10/h4-5,12H,1,6-7H2,2-3H3. The van der Waals surface area contributed by atoms with E-state index in [1.54, 1.807) is 13.0 Å². The van der Waals surface area contributed by atoms with E-state index in [-0.39, 0.29) is 10.8 Å². The van der Waals surface area contributed by atoms with Crippen LogP contribution in [0.5, 0.6) is 0 Å². The van der Waals surface area contributed by atoms with E-state index >= 15 is 0 Å². The Morgan fingerprint density at radius 1 is 1.56 bits per heavy atom. The first-order valence-corrected chi connectivity index (χ1v) is 6.94. The number of likely N-dealkylation sites (N-methyl/N-ethyl adjacent to an activating group) is 1. The van der Waals surface area contributed by atoms with E-state index in [0.717, 1.165) is 16.9 Å². The van der Waals surface area contributed by atoms with Crippen molar-refractivity contribution in [3.05, 3.63) is 29.2 Å². The van der Waals surface area contributed by atoms with Gasteiger partial charge in [-0.2, -0.15) is 4.31 Å². The molecular weight excluding hydrogens is 246 g/mol. The highest BCUT2D eigenvalue weighted by Crippen LogP contribution is 2.24. The van der Waals surface area contributed by atoms with Gasteiger partial charge in [-0.25, -0.2) is 8.42 Å². The fourth-order valence-corrected chi connectivity index (χ4v) is 3.86. The van der Waals surface area contributed by atoms with Crippen molar-refractivity contribution in [1.29, 1.82) is 0 Å². The van der Waals surface area contributed by atoms with Crippen LogP contribution in [0.4, 0.5) is 0 Å². The summed E-state index contributed by atoms with van der Waals surface area (Å²) in [4.78, 5) is 0.641. The lowest BCUT2D eigenvalue weighted by Crippen LogP contribution is -2.27. The molecule has 1 aromatic heterocycles. The number of rotatable bonds is 5. The monoisotopic (exact) mass is 261 g/mol. The zero-order chi connectivity index (χ0) is 12.3. The molecule has 0 aromatic carbocycles. The summed E-state index contributed by atoms with van der Waals surface area (Å²) in [5, 5.41) is 8.89. The SMILES string of the molecule is C=C(C)CN(C)S(=O)(=O)c1ccc(CO)s1. The summed E-state index contributed by atoms with van der Waals surface area (Å²) in [5.41, 5.74) is 0.782. The molecule has 0 radical (unpaired) electrons. The lowest BCUT2D eigenvalue weighted by molar-refractivity contribution is 0.285. The van der Waals surface area contributed by atoms with Crippen LogP contribution in [0.1, 0.15) is 11.8 Å². The first-order chi connectivity index (χ1) is 7.37. The van der Waals surface area contributed by atoms with Gasteiger partial charge in [0.1, 0.15) is 4.21 Å². The van der Waals surface area contributed by atoms with Crippen molar-refractivity contribution in [3.63, 3.8) is 0 Å². The zero-order valence-corrected chi connectivity index (χ0v) is 10.9. The van der Waals surface area contributed by atoms with E-state index in [9.17, 15) is 8.42 Å². The van der Waals surface area contributed by atoms with E-state index < -0.39 is 10.0 Å². The molecule has 0 saturated carbocycles. The number of hydrogen-bond acceptors (Lipinski definition) is 4. The summed E-state index contributed by atoms with van der Waals surface area (Å²) in [5.74, 6) is 0. The highest BCUT2D eigenvalue weighted by Gasteiger charge is 2.22. The Labute approximate surface area is 99.9 Å². The van der Waals surface area contributed by atoms with Gasteiger partial charge in [0.05, 0.1) is 6.61 Å². The second-order valence-electron chi connectivity index (χ2n) is 3.60. The van der Waals surface area contributed by atoms with Crippen LogP contribution in [0.15, 0.2) is 28.5 Å². The quantitative estimate of drug-likeness (QED) is 0.816. The third kappa shape index (κ3) is 2.91. The third-order valence-electron chi connectivity index (χ3n) is 1.95. The Morgan fingerprint density at radius 2 is 2.19 bits per heavy atom. The number of sulfonamides is 1. The van der Waals surface area contributed by atoms with Crippen molar-refractivity contribution in [2.24, 2.45) is 0 Å². The molecule has 0 amide bonds. The molecule has 1 heterocycles. The Morgan fingerprint density at radius 3 is 2.62 bits per heavy atom. The first kappa shape index (κ1) is 13.4. The van der Waals surface area contributed by atoms with Gasteiger partial charge >= 0.3 is 0 Å². The van der Waals surface area contributed by atoms with Crippen LogP contribution >= 0.6 is 11.3 Å². The van der Waals surface area contributed by atoms with E-state index in [1.807, 2.05) is 0 Å². The van der Waals surface area contributed by atoms with E-state index in [2.05, 4.69) is 6.58 Å². The maximum atomic E-state index is 12.0. The van der Waals surface area contributed by atoms with Crippen LogP contribution in [0.25, 0.3) is 0 Å². The molecule has 0 saturated heterocycles. The van der Waals surface area contributed by atoms with Crippen molar-refractivity contribution in [2.45, 2.75) is 17.7 Å². The van der Waals surface area contributed by atoms with Crippen LogP contribution in [0.2, 0.25) is 0 Å². The summed E-state index contributed by atoms with van der Waals surface area (Å²) < 4.78 is 25.5. The number of aliphatic hydroxyl groups excluding tert-OH is 1. The van der Waals surface area contributed by atoms with Crippen molar-refractivity contribution in [2.75, 3.05) is 13.6 Å². The van der Waals surface area contributed by atoms with Crippen LogP contribution in [0, 0.1) is 0 Å². The first-order valence-electron chi connectivity index (χ1n) is 4.68. The van der Waals surface area contributed by atoms with E-state index in [0.29, 0.717) is 11.4 Å². The van der Waals surface area contributed by atoms with Crippen molar-refractivity contribution >= 4 is 21.4 Å². The molecule has 0 spiro atoms. The molecule has 0 aliphatic carbocycles. The fraction of sp³-hybridized carbons (Fsp3) is 0.400. The van der Waals surface area contributed by atoms with Gasteiger partial charge in [-0.15, -0.1) is 11.3 Å². The molecule has 16 heavy (non-hydrogen) atoms. The average Bonchev–Trinajstić information content (AvgIpc) is 2.65. The molecule has 90 valence electrons. The average molecular weight is 261 g/mol. The van der Waals surface area contributed by atoms with Crippen LogP contribution in [-0.4, -0.2) is 31.4 Å². The second kappa shape index (κ2) is 5.09. The second-order valence-corrected chi connectivity index (χ2v) is 7.04. The molecule has 1 aromatic rings. The smallest absolute Gasteiger partial charge is 0.252 e. The summed E-state index contributed by atoms with van der Waals surface area (Å²) >= 11 is 1.09. The molecular formula is C10H15NO3S2. The van der Waals surface area contributed by atoms with Gasteiger partial charge in [0.2, 0.25) is 0 Å². The summed E-state index contributed by atoms with van der Waals surface area (Å²) in [6, 6.07) is 3.13. The Hall–Kier alpha value is -0.690. The van der Waals surface area contributed by atoms with Crippen molar-refractivity contribution in [3.8, 4) is 0 Å². The molecule has 0 aliphatic heterocycles. The Kier molecular flexibility index (Phi) is 4.26. The van der Waals surface area contributed by atoms with Crippen LogP contribution < -0.4 is 0 Å². The minimum Gasteiger partial charge on any atom is -0.391 e. The number of nitrogens with zero attached hydrogens (tertiary/aromatic N) is 1. The fourth-order valence-electron chi connectivity index (χ4n) is 1.20. The van der Waals surface area contributed by atoms with Crippen LogP contribution in [-0.2, 0) is 16.6 Å². The van der Waals surface area contributed by atoms with Gasteiger partial charge in [0.15, 0.2) is 0 Å². The number of thiophene rings is 1. The predicted molar refractivity (Wildman–Crippen MR) is 64.9 cm³/mol. The maximum absolute atomic E-state index is 12.0. The van der Waals surface area contributed by atoms with Gasteiger partial charge in [0, 0.05) is 18.5 Å². The Balaban J connectivity index is 2.97. The van der Waals surface area contributed by atoms with E-state index in [1.165, 1.54) is 17.4 Å². The summed E-state index contributed by atoms with van der Waals surface area (Å²) in [6.45, 7) is 5.62. The molecule has 1 rings (SSSR count). The largest absolute Gasteiger partial charge is 0.391 e. The lowest BCUT2D eigenvalue weighted by Gasteiger charge is -2.15. The highest BCUT2D eigenvalue weighted by atomic mass is 32.2. The third-order valence-corrected chi connectivity index (χ3v) is 5.29. The minimum atomic E-state index is -3.44. The molecule has 0 fully saturated rings. The molecule has 0 bridgehead atoms. The van der Waals surface area contributed by atoms with E-state index in [4.69, 9.17) is 5.11 Å². The summed E-state index contributed by atoms with van der Waals surface area (Å²) in [6.07, 6.45) is 0. The topological polar surface area (TPSA) is 57.6 Å². The molecule has 0 aliphatic rings. The van der Waals surface area contributed by atoms with Gasteiger partial charge < -0.3 is 5.11 Å². The minimum absolute atomic E-state index is 0.135.